The summed E-state index contributed by atoms with van der Waals surface area (Å²) in [6.07, 6.45) is 1.09. The number of likely N-dealkylation sites (tertiary alicyclic amines) is 1. The van der Waals surface area contributed by atoms with Gasteiger partial charge in [0.2, 0.25) is 0 Å². The molecule has 0 spiro atoms. The molecular weight excluding hydrogens is 226 g/mol. The van der Waals surface area contributed by atoms with Crippen molar-refractivity contribution in [1.82, 2.24) is 10.2 Å². The minimum Gasteiger partial charge on any atom is -0.480 e. The molecule has 2 aliphatic heterocycles. The summed E-state index contributed by atoms with van der Waals surface area (Å²) in [6.45, 7) is 1.61. The van der Waals surface area contributed by atoms with E-state index in [1.807, 2.05) is 0 Å². The van der Waals surface area contributed by atoms with Gasteiger partial charge in [-0.05, 0) is 12.8 Å². The van der Waals surface area contributed by atoms with Crippen molar-refractivity contribution in [3.63, 3.8) is 0 Å². The van der Waals surface area contributed by atoms with E-state index < -0.39 is 11.5 Å². The van der Waals surface area contributed by atoms with Crippen LogP contribution in [-0.4, -0.2) is 59.9 Å². The summed E-state index contributed by atoms with van der Waals surface area (Å²) in [5, 5.41) is 11.8. The summed E-state index contributed by atoms with van der Waals surface area (Å²) in [5.41, 5.74) is 4.39. The van der Waals surface area contributed by atoms with Crippen LogP contribution in [0.25, 0.3) is 0 Å². The fourth-order valence-corrected chi connectivity index (χ4v) is 2.10. The molecule has 17 heavy (non-hydrogen) atoms. The van der Waals surface area contributed by atoms with Crippen LogP contribution in [-0.2, 0) is 9.53 Å². The van der Waals surface area contributed by atoms with Crippen molar-refractivity contribution in [3.8, 4) is 0 Å². The number of carboxylic acid groups (broad SMARTS) is 1. The number of rotatable bonds is 2. The van der Waals surface area contributed by atoms with Crippen LogP contribution in [0.2, 0.25) is 0 Å². The highest BCUT2D eigenvalue weighted by atomic mass is 16.5. The zero-order valence-electron chi connectivity index (χ0n) is 9.52. The predicted octanol–water partition coefficient (Wildman–Crippen LogP) is -1.03. The number of amides is 2. The lowest BCUT2D eigenvalue weighted by Crippen LogP contribution is -2.52. The minimum atomic E-state index is -1.30. The summed E-state index contributed by atoms with van der Waals surface area (Å²) in [4.78, 5) is 24.2. The molecule has 2 fully saturated rings. The summed E-state index contributed by atoms with van der Waals surface area (Å²) >= 11 is 0. The van der Waals surface area contributed by atoms with Gasteiger partial charge in [-0.3, -0.25) is 4.79 Å². The maximum atomic E-state index is 11.8. The highest BCUT2D eigenvalue weighted by Gasteiger charge is 2.43. The number of carboxylic acids is 1. The van der Waals surface area contributed by atoms with Gasteiger partial charge in [0.1, 0.15) is 5.54 Å². The summed E-state index contributed by atoms with van der Waals surface area (Å²) < 4.78 is 5.15. The van der Waals surface area contributed by atoms with E-state index in [4.69, 9.17) is 15.6 Å². The molecule has 7 nitrogen and oxygen atoms in total. The largest absolute Gasteiger partial charge is 0.480 e. The molecule has 2 aliphatic rings. The summed E-state index contributed by atoms with van der Waals surface area (Å²) in [5.74, 6) is -1.06. The Morgan fingerprint density at radius 3 is 2.82 bits per heavy atom. The smallest absolute Gasteiger partial charge is 0.325 e. The van der Waals surface area contributed by atoms with Crippen LogP contribution in [0.15, 0.2) is 0 Å². The molecule has 0 radical (unpaired) electrons. The van der Waals surface area contributed by atoms with E-state index in [2.05, 4.69) is 5.32 Å². The SMILES string of the molecule is NC1(C(=O)O)CCN(C(=O)NC2CCOC2)C1. The third-order valence-corrected chi connectivity index (χ3v) is 3.27. The van der Waals surface area contributed by atoms with E-state index >= 15 is 0 Å². The molecule has 4 N–H and O–H groups in total. The Balaban J connectivity index is 1.87. The zero-order valence-corrected chi connectivity index (χ0v) is 9.52. The third-order valence-electron chi connectivity index (χ3n) is 3.27. The van der Waals surface area contributed by atoms with E-state index in [-0.39, 0.29) is 25.0 Å². The van der Waals surface area contributed by atoms with Gasteiger partial charge in [0, 0.05) is 13.2 Å². The van der Waals surface area contributed by atoms with Crippen molar-refractivity contribution in [1.29, 1.82) is 0 Å². The lowest BCUT2D eigenvalue weighted by Gasteiger charge is -2.22. The Morgan fingerprint density at radius 1 is 1.53 bits per heavy atom. The molecule has 96 valence electrons. The molecule has 2 unspecified atom stereocenters. The van der Waals surface area contributed by atoms with Gasteiger partial charge in [0.15, 0.2) is 0 Å². The van der Waals surface area contributed by atoms with Gasteiger partial charge in [0.25, 0.3) is 0 Å². The molecule has 7 heteroatoms. The fourth-order valence-electron chi connectivity index (χ4n) is 2.10. The number of aliphatic carboxylic acids is 1. The molecular formula is C10H17N3O4. The van der Waals surface area contributed by atoms with Crippen LogP contribution >= 0.6 is 0 Å². The van der Waals surface area contributed by atoms with Gasteiger partial charge in [0.05, 0.1) is 19.2 Å². The number of carbonyl (C=O) groups is 2. The second-order valence-corrected chi connectivity index (χ2v) is 4.64. The average molecular weight is 243 g/mol. The Bertz CT molecular complexity index is 330. The van der Waals surface area contributed by atoms with Crippen LogP contribution < -0.4 is 11.1 Å². The number of nitrogens with one attached hydrogen (secondary N) is 1. The molecule has 2 heterocycles. The highest BCUT2D eigenvalue weighted by molar-refractivity contribution is 5.82. The standard InChI is InChI=1S/C10H17N3O4/c11-10(8(14)15)2-3-13(6-10)9(16)12-7-1-4-17-5-7/h7H,1-6,11H2,(H,12,16)(H,14,15). The second kappa shape index (κ2) is 4.50. The van der Waals surface area contributed by atoms with Crippen molar-refractivity contribution in [3.05, 3.63) is 0 Å². The quantitative estimate of drug-likeness (QED) is 0.575. The molecule has 0 saturated carbocycles. The Labute approximate surface area is 98.9 Å². The van der Waals surface area contributed by atoms with Gasteiger partial charge in [-0.1, -0.05) is 0 Å². The molecule has 2 atom stereocenters. The molecule has 0 aromatic carbocycles. The van der Waals surface area contributed by atoms with Gasteiger partial charge < -0.3 is 25.8 Å². The lowest BCUT2D eigenvalue weighted by molar-refractivity contribution is -0.142. The first-order valence-electron chi connectivity index (χ1n) is 5.67. The number of hydrogen-bond acceptors (Lipinski definition) is 4. The topological polar surface area (TPSA) is 105 Å². The molecule has 0 aromatic rings. The summed E-state index contributed by atoms with van der Waals surface area (Å²) in [7, 11) is 0. The number of ether oxygens (including phenoxy) is 1. The molecule has 0 aliphatic carbocycles. The summed E-state index contributed by atoms with van der Waals surface area (Å²) in [6, 6.07) is -0.228. The Hall–Kier alpha value is -1.34. The van der Waals surface area contributed by atoms with E-state index in [0.29, 0.717) is 19.8 Å². The van der Waals surface area contributed by atoms with Gasteiger partial charge in [-0.15, -0.1) is 0 Å². The molecule has 2 amide bonds. The van der Waals surface area contributed by atoms with E-state index in [0.717, 1.165) is 6.42 Å². The lowest BCUT2D eigenvalue weighted by atomic mass is 10.0. The molecule has 0 aromatic heterocycles. The number of nitrogens with zero attached hydrogens (tertiary/aromatic N) is 1. The predicted molar refractivity (Wildman–Crippen MR) is 58.5 cm³/mol. The van der Waals surface area contributed by atoms with Gasteiger partial charge in [-0.2, -0.15) is 0 Å². The second-order valence-electron chi connectivity index (χ2n) is 4.64. The zero-order chi connectivity index (χ0) is 12.5. The Kier molecular flexibility index (Phi) is 3.21. The normalized spacial score (nSPS) is 32.8. The maximum absolute atomic E-state index is 11.8. The number of carbonyl (C=O) groups excluding carboxylic acids is 1. The van der Waals surface area contributed by atoms with Crippen LogP contribution in [0.3, 0.4) is 0 Å². The Morgan fingerprint density at radius 2 is 2.29 bits per heavy atom. The minimum absolute atomic E-state index is 0.0279. The number of hydrogen-bond donors (Lipinski definition) is 3. The first-order valence-corrected chi connectivity index (χ1v) is 5.67. The number of nitrogens with two attached hydrogens (primary N) is 1. The van der Waals surface area contributed by atoms with Crippen molar-refractivity contribution in [2.75, 3.05) is 26.3 Å². The molecule has 0 bridgehead atoms. The van der Waals surface area contributed by atoms with Crippen molar-refractivity contribution in [2.24, 2.45) is 5.73 Å². The third kappa shape index (κ3) is 2.50. The van der Waals surface area contributed by atoms with Crippen LogP contribution in [0, 0.1) is 0 Å². The molecule has 2 rings (SSSR count). The van der Waals surface area contributed by atoms with Crippen LogP contribution in [0.1, 0.15) is 12.8 Å². The fraction of sp³-hybridized carbons (Fsp3) is 0.800. The highest BCUT2D eigenvalue weighted by Crippen LogP contribution is 2.19. The van der Waals surface area contributed by atoms with Crippen molar-refractivity contribution < 1.29 is 19.4 Å². The van der Waals surface area contributed by atoms with Crippen LogP contribution in [0.4, 0.5) is 4.79 Å². The number of urea groups is 1. The molecule has 2 saturated heterocycles. The van der Waals surface area contributed by atoms with E-state index in [9.17, 15) is 9.59 Å². The van der Waals surface area contributed by atoms with Gasteiger partial charge >= 0.3 is 12.0 Å². The van der Waals surface area contributed by atoms with E-state index in [1.54, 1.807) is 0 Å². The van der Waals surface area contributed by atoms with Crippen molar-refractivity contribution >= 4 is 12.0 Å². The monoisotopic (exact) mass is 243 g/mol. The van der Waals surface area contributed by atoms with E-state index in [1.165, 1.54) is 4.90 Å². The first kappa shape index (κ1) is 12.1. The first-order chi connectivity index (χ1) is 8.01. The van der Waals surface area contributed by atoms with Gasteiger partial charge in [-0.25, -0.2) is 4.79 Å². The van der Waals surface area contributed by atoms with Crippen LogP contribution in [0.5, 0.6) is 0 Å². The van der Waals surface area contributed by atoms with Crippen molar-refractivity contribution in [2.45, 2.75) is 24.4 Å². The maximum Gasteiger partial charge on any atom is 0.325 e. The average Bonchev–Trinajstić information content (AvgIpc) is 2.88.